The van der Waals surface area contributed by atoms with E-state index in [0.717, 1.165) is 11.1 Å². The summed E-state index contributed by atoms with van der Waals surface area (Å²) in [5.41, 5.74) is 1.77. The first kappa shape index (κ1) is 10.2. The highest BCUT2D eigenvalue weighted by Gasteiger charge is 2.04. The van der Waals surface area contributed by atoms with Crippen LogP contribution in [0, 0.1) is 12.7 Å². The van der Waals surface area contributed by atoms with Crippen LogP contribution < -0.4 is 0 Å². The van der Waals surface area contributed by atoms with Crippen LogP contribution in [0.15, 0.2) is 18.2 Å². The molecule has 0 amide bonds. The number of aliphatic hydroxyl groups is 1. The van der Waals surface area contributed by atoms with Crippen molar-refractivity contribution in [1.29, 1.82) is 0 Å². The molecule has 1 nitrogen and oxygen atoms in total. The van der Waals surface area contributed by atoms with Crippen LogP contribution in [0.1, 0.15) is 24.5 Å². The maximum Gasteiger partial charge on any atom is 0.123 e. The molecular formula is C11H15FO. The molecule has 1 atom stereocenters. The van der Waals surface area contributed by atoms with Gasteiger partial charge in [-0.2, -0.15) is 0 Å². The van der Waals surface area contributed by atoms with E-state index in [4.69, 9.17) is 0 Å². The minimum absolute atomic E-state index is 0.224. The molecule has 1 rings (SSSR count). The predicted octanol–water partition coefficient (Wildman–Crippen LogP) is 2.45. The summed E-state index contributed by atoms with van der Waals surface area (Å²) in [6, 6.07) is 4.87. The van der Waals surface area contributed by atoms with E-state index < -0.39 is 0 Å². The Labute approximate surface area is 78.2 Å². The first-order chi connectivity index (χ1) is 6.11. The third-order valence-electron chi connectivity index (χ3n) is 2.04. The summed E-state index contributed by atoms with van der Waals surface area (Å²) in [6.45, 7) is 3.77. The van der Waals surface area contributed by atoms with E-state index in [2.05, 4.69) is 0 Å². The molecule has 1 unspecified atom stereocenters. The molecule has 13 heavy (non-hydrogen) atoms. The van der Waals surface area contributed by atoms with Crippen molar-refractivity contribution in [3.8, 4) is 0 Å². The first-order valence-electron chi connectivity index (χ1n) is 4.56. The topological polar surface area (TPSA) is 20.2 Å². The van der Waals surface area contributed by atoms with E-state index in [0.29, 0.717) is 12.8 Å². The average molecular weight is 182 g/mol. The fourth-order valence-electron chi connectivity index (χ4n) is 1.35. The maximum atomic E-state index is 12.9. The Morgan fingerprint density at radius 2 is 2.08 bits per heavy atom. The summed E-state index contributed by atoms with van der Waals surface area (Å²) in [7, 11) is 0. The highest BCUT2D eigenvalue weighted by molar-refractivity contribution is 5.24. The number of hydrogen-bond acceptors (Lipinski definition) is 1. The van der Waals surface area contributed by atoms with E-state index in [1.165, 1.54) is 12.1 Å². The average Bonchev–Trinajstić information content (AvgIpc) is 2.02. The number of aliphatic hydroxyl groups excluding tert-OH is 1. The van der Waals surface area contributed by atoms with Gasteiger partial charge in [0.2, 0.25) is 0 Å². The number of hydrogen-bond donors (Lipinski definition) is 1. The van der Waals surface area contributed by atoms with Crippen LogP contribution in [0.5, 0.6) is 0 Å². The zero-order chi connectivity index (χ0) is 9.84. The fourth-order valence-corrected chi connectivity index (χ4v) is 1.35. The summed E-state index contributed by atoms with van der Waals surface area (Å²) in [5.74, 6) is -0.224. The van der Waals surface area contributed by atoms with Gasteiger partial charge in [-0.3, -0.25) is 0 Å². The minimum atomic E-state index is -0.360. The molecule has 2 heteroatoms. The molecular weight excluding hydrogens is 167 g/mol. The Hall–Kier alpha value is -0.890. The second kappa shape index (κ2) is 4.38. The summed E-state index contributed by atoms with van der Waals surface area (Å²) < 4.78 is 12.9. The monoisotopic (exact) mass is 182 g/mol. The molecule has 0 spiro atoms. The fraction of sp³-hybridized carbons (Fsp3) is 0.455. The Balaban J connectivity index is 2.77. The third kappa shape index (κ3) is 3.15. The molecule has 0 saturated heterocycles. The molecule has 1 aromatic rings. The van der Waals surface area contributed by atoms with Crippen LogP contribution in [-0.4, -0.2) is 11.2 Å². The van der Waals surface area contributed by atoms with Gasteiger partial charge in [-0.05, 0) is 43.0 Å². The Kier molecular flexibility index (Phi) is 3.43. The van der Waals surface area contributed by atoms with Crippen molar-refractivity contribution in [2.24, 2.45) is 0 Å². The molecule has 0 aliphatic carbocycles. The number of benzene rings is 1. The molecule has 0 fully saturated rings. The quantitative estimate of drug-likeness (QED) is 0.761. The van der Waals surface area contributed by atoms with E-state index >= 15 is 0 Å². The molecule has 1 aromatic carbocycles. The summed E-state index contributed by atoms with van der Waals surface area (Å²) in [4.78, 5) is 0. The Morgan fingerprint density at radius 3 is 2.62 bits per heavy atom. The molecule has 0 heterocycles. The number of halogens is 1. The SMILES string of the molecule is CCC(O)Cc1cc(C)cc(F)c1. The molecule has 0 saturated carbocycles. The van der Waals surface area contributed by atoms with Gasteiger partial charge in [0.05, 0.1) is 6.10 Å². The maximum absolute atomic E-state index is 12.9. The summed E-state index contributed by atoms with van der Waals surface area (Å²) in [6.07, 6.45) is 0.881. The molecule has 0 aromatic heterocycles. The summed E-state index contributed by atoms with van der Waals surface area (Å²) >= 11 is 0. The van der Waals surface area contributed by atoms with E-state index in [1.54, 1.807) is 0 Å². The first-order valence-corrected chi connectivity index (χ1v) is 4.56. The van der Waals surface area contributed by atoms with Gasteiger partial charge < -0.3 is 5.11 Å². The van der Waals surface area contributed by atoms with Gasteiger partial charge in [0.1, 0.15) is 5.82 Å². The second-order valence-corrected chi connectivity index (χ2v) is 3.40. The lowest BCUT2D eigenvalue weighted by Crippen LogP contribution is -2.08. The minimum Gasteiger partial charge on any atom is -0.393 e. The largest absolute Gasteiger partial charge is 0.393 e. The van der Waals surface area contributed by atoms with Crippen molar-refractivity contribution in [3.05, 3.63) is 35.1 Å². The number of aryl methyl sites for hydroxylation is 1. The zero-order valence-corrected chi connectivity index (χ0v) is 8.05. The van der Waals surface area contributed by atoms with Crippen molar-refractivity contribution in [2.45, 2.75) is 32.8 Å². The smallest absolute Gasteiger partial charge is 0.123 e. The van der Waals surface area contributed by atoms with Crippen molar-refractivity contribution in [2.75, 3.05) is 0 Å². The zero-order valence-electron chi connectivity index (χ0n) is 8.05. The van der Waals surface area contributed by atoms with E-state index in [9.17, 15) is 9.50 Å². The van der Waals surface area contributed by atoms with Gasteiger partial charge in [-0.15, -0.1) is 0 Å². The lowest BCUT2D eigenvalue weighted by atomic mass is 10.0. The van der Waals surface area contributed by atoms with Crippen molar-refractivity contribution < 1.29 is 9.50 Å². The van der Waals surface area contributed by atoms with Gasteiger partial charge in [0, 0.05) is 0 Å². The van der Waals surface area contributed by atoms with Crippen LogP contribution in [0.3, 0.4) is 0 Å². The van der Waals surface area contributed by atoms with Gasteiger partial charge in [-0.1, -0.05) is 13.0 Å². The molecule has 0 aliphatic heterocycles. The van der Waals surface area contributed by atoms with E-state index in [-0.39, 0.29) is 11.9 Å². The third-order valence-corrected chi connectivity index (χ3v) is 2.04. The number of rotatable bonds is 3. The van der Waals surface area contributed by atoms with Crippen LogP contribution >= 0.6 is 0 Å². The van der Waals surface area contributed by atoms with Crippen LogP contribution in [0.25, 0.3) is 0 Å². The Bertz CT molecular complexity index is 263. The standard InChI is InChI=1S/C11H15FO/c1-3-11(13)7-9-4-8(2)5-10(12)6-9/h4-6,11,13H,3,7H2,1-2H3. The summed E-state index contributed by atoms with van der Waals surface area (Å²) in [5, 5.41) is 9.37. The highest BCUT2D eigenvalue weighted by atomic mass is 19.1. The lowest BCUT2D eigenvalue weighted by Gasteiger charge is -2.08. The lowest BCUT2D eigenvalue weighted by molar-refractivity contribution is 0.170. The van der Waals surface area contributed by atoms with Crippen molar-refractivity contribution in [3.63, 3.8) is 0 Å². The van der Waals surface area contributed by atoms with Crippen LogP contribution in [-0.2, 0) is 6.42 Å². The molecule has 1 N–H and O–H groups in total. The molecule has 0 aliphatic rings. The molecule has 0 radical (unpaired) electrons. The van der Waals surface area contributed by atoms with Crippen LogP contribution in [0.2, 0.25) is 0 Å². The van der Waals surface area contributed by atoms with Gasteiger partial charge in [0.25, 0.3) is 0 Å². The van der Waals surface area contributed by atoms with Gasteiger partial charge in [-0.25, -0.2) is 4.39 Å². The molecule has 0 bridgehead atoms. The normalized spacial score (nSPS) is 12.9. The molecule has 72 valence electrons. The highest BCUT2D eigenvalue weighted by Crippen LogP contribution is 2.11. The predicted molar refractivity (Wildman–Crippen MR) is 51.1 cm³/mol. The van der Waals surface area contributed by atoms with Gasteiger partial charge in [0.15, 0.2) is 0 Å². The van der Waals surface area contributed by atoms with E-state index in [1.807, 2.05) is 19.9 Å². The van der Waals surface area contributed by atoms with Crippen molar-refractivity contribution >= 4 is 0 Å². The van der Waals surface area contributed by atoms with Crippen LogP contribution in [0.4, 0.5) is 4.39 Å². The van der Waals surface area contributed by atoms with Gasteiger partial charge >= 0.3 is 0 Å². The van der Waals surface area contributed by atoms with Crippen molar-refractivity contribution in [1.82, 2.24) is 0 Å². The Morgan fingerprint density at radius 1 is 1.38 bits per heavy atom. The second-order valence-electron chi connectivity index (χ2n) is 3.40.